The van der Waals surface area contributed by atoms with Gasteiger partial charge in [-0.15, -0.1) is 0 Å². The minimum Gasteiger partial charge on any atom is -0.0614 e. The molecule has 0 heterocycles. The van der Waals surface area contributed by atoms with Crippen LogP contribution in [0.3, 0.4) is 0 Å². The Bertz CT molecular complexity index is 2350. The molecule has 0 bridgehead atoms. The average Bonchev–Trinajstić information content (AvgIpc) is 3.33. The molecule has 0 amide bonds. The van der Waals surface area contributed by atoms with E-state index in [2.05, 4.69) is 140 Å². The summed E-state index contributed by atoms with van der Waals surface area (Å²) < 4.78 is 0. The molecule has 0 N–H and O–H groups in total. The minimum absolute atomic E-state index is 0.0593. The molecule has 0 radical (unpaired) electrons. The lowest BCUT2D eigenvalue weighted by Crippen LogP contribution is -2.17. The first-order chi connectivity index (χ1) is 20.4. The number of benzene rings is 7. The standard InChI is InChI=1S/C43H38/c1-23-10-9-11-24-15-17-32-40(36(23)24)31-22-33-30(21-34(31)42(32,5)6)39-29-16-14-26-19-28(41(2,3)4)18-25-12-13-27(38(29)37(25)26)20-35(39)43(33,7)8/h9-22H,1-8H3. The Balaban J connectivity index is 1.38. The molecule has 210 valence electrons. The molecule has 0 atom stereocenters. The molecule has 0 nitrogen and oxygen atoms in total. The maximum atomic E-state index is 2.58. The average molecular weight is 555 g/mol. The molecule has 0 saturated carbocycles. The van der Waals surface area contributed by atoms with Gasteiger partial charge in [0.15, 0.2) is 0 Å². The number of rotatable bonds is 0. The molecule has 9 rings (SSSR count). The Morgan fingerprint density at radius 3 is 1.74 bits per heavy atom. The molecule has 43 heavy (non-hydrogen) atoms. The van der Waals surface area contributed by atoms with Crippen molar-refractivity contribution in [2.45, 2.75) is 71.6 Å². The van der Waals surface area contributed by atoms with E-state index in [0.717, 1.165) is 0 Å². The molecule has 0 unspecified atom stereocenters. The first-order valence-corrected chi connectivity index (χ1v) is 15.9. The molecule has 0 aliphatic heterocycles. The summed E-state index contributed by atoms with van der Waals surface area (Å²) in [6.45, 7) is 18.9. The van der Waals surface area contributed by atoms with Crippen LogP contribution in [0, 0.1) is 6.92 Å². The first kappa shape index (κ1) is 25.3. The fourth-order valence-corrected chi connectivity index (χ4v) is 8.81. The van der Waals surface area contributed by atoms with E-state index in [1.54, 1.807) is 0 Å². The maximum Gasteiger partial charge on any atom is 0.0159 e. The minimum atomic E-state index is -0.0872. The largest absolute Gasteiger partial charge is 0.0614 e. The number of hydrogen-bond acceptors (Lipinski definition) is 0. The van der Waals surface area contributed by atoms with Crippen LogP contribution in [-0.2, 0) is 16.2 Å². The van der Waals surface area contributed by atoms with Crippen LogP contribution in [0.15, 0.2) is 84.9 Å². The summed E-state index contributed by atoms with van der Waals surface area (Å²) in [4.78, 5) is 0. The van der Waals surface area contributed by atoms with Gasteiger partial charge in [0.1, 0.15) is 0 Å². The molecule has 0 spiro atoms. The van der Waals surface area contributed by atoms with Gasteiger partial charge < -0.3 is 0 Å². The highest BCUT2D eigenvalue weighted by Gasteiger charge is 2.43. The molecule has 0 saturated heterocycles. The van der Waals surface area contributed by atoms with Gasteiger partial charge in [-0.25, -0.2) is 0 Å². The zero-order chi connectivity index (χ0) is 29.8. The smallest absolute Gasteiger partial charge is 0.0159 e. The topological polar surface area (TPSA) is 0 Å². The fraction of sp³-hybridized carbons (Fsp3) is 0.256. The van der Waals surface area contributed by atoms with E-state index in [1.807, 2.05) is 0 Å². The van der Waals surface area contributed by atoms with Crippen molar-refractivity contribution in [1.29, 1.82) is 0 Å². The summed E-state index contributed by atoms with van der Waals surface area (Å²) >= 11 is 0. The summed E-state index contributed by atoms with van der Waals surface area (Å²) in [5, 5.41) is 11.0. The van der Waals surface area contributed by atoms with Crippen molar-refractivity contribution in [3.8, 4) is 22.3 Å². The lowest BCUT2D eigenvalue weighted by Gasteiger charge is -2.24. The van der Waals surface area contributed by atoms with E-state index in [0.29, 0.717) is 0 Å². The Kier molecular flexibility index (Phi) is 4.52. The third-order valence-electron chi connectivity index (χ3n) is 11.2. The Labute approximate surface area is 254 Å². The van der Waals surface area contributed by atoms with E-state index in [-0.39, 0.29) is 16.2 Å². The van der Waals surface area contributed by atoms with Gasteiger partial charge in [-0.2, -0.15) is 0 Å². The lowest BCUT2D eigenvalue weighted by molar-refractivity contribution is 0.591. The first-order valence-electron chi connectivity index (χ1n) is 15.9. The third kappa shape index (κ3) is 3.02. The van der Waals surface area contributed by atoms with Crippen LogP contribution in [0.5, 0.6) is 0 Å². The molecular formula is C43H38. The maximum absolute atomic E-state index is 2.58. The van der Waals surface area contributed by atoms with E-state index < -0.39 is 0 Å². The van der Waals surface area contributed by atoms with Crippen molar-refractivity contribution >= 4 is 43.1 Å². The zero-order valence-electron chi connectivity index (χ0n) is 26.6. The van der Waals surface area contributed by atoms with Crippen LogP contribution in [0.25, 0.3) is 65.3 Å². The Hall–Kier alpha value is -4.16. The van der Waals surface area contributed by atoms with E-state index in [9.17, 15) is 0 Å². The van der Waals surface area contributed by atoms with Gasteiger partial charge in [-0.3, -0.25) is 0 Å². The Morgan fingerprint density at radius 1 is 0.488 bits per heavy atom. The summed E-state index contributed by atoms with van der Waals surface area (Å²) in [5.41, 5.74) is 14.3. The predicted octanol–water partition coefficient (Wildman–Crippen LogP) is 12.0. The van der Waals surface area contributed by atoms with Crippen LogP contribution >= 0.6 is 0 Å². The molecule has 0 heteroatoms. The summed E-state index contributed by atoms with van der Waals surface area (Å²) in [6.07, 6.45) is 0. The van der Waals surface area contributed by atoms with Crippen LogP contribution in [-0.4, -0.2) is 0 Å². The fourth-order valence-electron chi connectivity index (χ4n) is 8.81. The number of fused-ring (bicyclic) bond motifs is 9. The number of hydrogen-bond donors (Lipinski definition) is 0. The van der Waals surface area contributed by atoms with Crippen molar-refractivity contribution in [3.05, 3.63) is 118 Å². The molecule has 7 aromatic carbocycles. The second-order valence-electron chi connectivity index (χ2n) is 15.5. The molecule has 0 aromatic heterocycles. The van der Waals surface area contributed by atoms with Crippen molar-refractivity contribution < 1.29 is 0 Å². The third-order valence-corrected chi connectivity index (χ3v) is 11.2. The molecule has 0 fully saturated rings. The van der Waals surface area contributed by atoms with Crippen molar-refractivity contribution in [2.24, 2.45) is 0 Å². The summed E-state index contributed by atoms with van der Waals surface area (Å²) in [6, 6.07) is 33.5. The van der Waals surface area contributed by atoms with Gasteiger partial charge in [0.2, 0.25) is 0 Å². The molecule has 2 aliphatic carbocycles. The molecular weight excluding hydrogens is 516 g/mol. The highest BCUT2D eigenvalue weighted by molar-refractivity contribution is 6.27. The predicted molar refractivity (Wildman–Crippen MR) is 186 cm³/mol. The number of aryl methyl sites for hydroxylation is 1. The second kappa shape index (κ2) is 7.67. The highest BCUT2D eigenvalue weighted by atomic mass is 14.5. The monoisotopic (exact) mass is 554 g/mol. The van der Waals surface area contributed by atoms with E-state index >= 15 is 0 Å². The van der Waals surface area contributed by atoms with E-state index in [1.165, 1.54) is 98.7 Å². The van der Waals surface area contributed by atoms with Gasteiger partial charge in [0.25, 0.3) is 0 Å². The zero-order valence-corrected chi connectivity index (χ0v) is 26.6. The van der Waals surface area contributed by atoms with Gasteiger partial charge in [0, 0.05) is 10.8 Å². The SMILES string of the molecule is Cc1cccc2ccc3c(c12)-c1cc2c(cc1C3(C)C)-c1c(cc3ccc4cc(C(C)(C)C)cc5ccc1c3c45)C2(C)C. The lowest BCUT2D eigenvalue weighted by atomic mass is 9.79. The van der Waals surface area contributed by atoms with Crippen LogP contribution in [0.4, 0.5) is 0 Å². The van der Waals surface area contributed by atoms with Gasteiger partial charge in [-0.1, -0.05) is 115 Å². The Morgan fingerprint density at radius 2 is 1.07 bits per heavy atom. The van der Waals surface area contributed by atoms with Crippen LogP contribution < -0.4 is 0 Å². The summed E-state index contributed by atoms with van der Waals surface area (Å²) in [7, 11) is 0. The van der Waals surface area contributed by atoms with Crippen LogP contribution in [0.1, 0.15) is 81.8 Å². The molecule has 2 aliphatic rings. The quantitative estimate of drug-likeness (QED) is 0.164. The normalized spacial score (nSPS) is 16.3. The van der Waals surface area contributed by atoms with Gasteiger partial charge in [0.05, 0.1) is 0 Å². The highest BCUT2D eigenvalue weighted by Crippen LogP contribution is 2.59. The van der Waals surface area contributed by atoms with Crippen molar-refractivity contribution in [1.82, 2.24) is 0 Å². The van der Waals surface area contributed by atoms with Gasteiger partial charge >= 0.3 is 0 Å². The summed E-state index contributed by atoms with van der Waals surface area (Å²) in [5.74, 6) is 0. The van der Waals surface area contributed by atoms with Crippen molar-refractivity contribution in [3.63, 3.8) is 0 Å². The van der Waals surface area contributed by atoms with Crippen LogP contribution in [0.2, 0.25) is 0 Å². The van der Waals surface area contributed by atoms with Gasteiger partial charge in [-0.05, 0) is 129 Å². The van der Waals surface area contributed by atoms with Crippen molar-refractivity contribution in [2.75, 3.05) is 0 Å². The second-order valence-corrected chi connectivity index (χ2v) is 15.5. The molecule has 7 aromatic rings. The van der Waals surface area contributed by atoms with E-state index in [4.69, 9.17) is 0 Å².